The van der Waals surface area contributed by atoms with Crippen LogP contribution in [0.25, 0.3) is 10.9 Å². The van der Waals surface area contributed by atoms with E-state index in [0.29, 0.717) is 14.6 Å². The van der Waals surface area contributed by atoms with E-state index in [1.54, 1.807) is 6.07 Å². The lowest BCUT2D eigenvalue weighted by Gasteiger charge is -1.93. The molecule has 2 rings (SSSR count). The number of hydrogen-bond donors (Lipinski definition) is 1. The van der Waals surface area contributed by atoms with Crippen LogP contribution in [0.15, 0.2) is 26.3 Å². The lowest BCUT2D eigenvalue weighted by atomic mass is 10.3. The van der Waals surface area contributed by atoms with Crippen molar-refractivity contribution in [1.29, 1.82) is 0 Å². The molecule has 0 saturated heterocycles. The number of nitrogens with one attached hydrogen (secondary N) is 1. The fraction of sp³-hybridized carbons (Fsp3) is 0. The van der Waals surface area contributed by atoms with Gasteiger partial charge in [-0.2, -0.15) is 0 Å². The van der Waals surface area contributed by atoms with Crippen LogP contribution in [0.3, 0.4) is 0 Å². The maximum absolute atomic E-state index is 11.1. The Balaban J connectivity index is 3.04. The first-order valence-corrected chi connectivity index (χ1v) is 4.43. The molecule has 0 radical (unpaired) electrons. The van der Waals surface area contributed by atoms with E-state index in [1.165, 1.54) is 6.20 Å². The van der Waals surface area contributed by atoms with Crippen LogP contribution in [-0.4, -0.2) is 9.97 Å². The Morgan fingerprint density at radius 1 is 1.46 bits per heavy atom. The average Bonchev–Trinajstić information content (AvgIpc) is 2.06. The smallest absolute Gasteiger partial charge is 0.372 e. The zero-order valence-electron chi connectivity index (χ0n) is 6.20. The van der Waals surface area contributed by atoms with Crippen LogP contribution in [0.5, 0.6) is 0 Å². The van der Waals surface area contributed by atoms with Crippen molar-refractivity contribution in [3.05, 3.63) is 36.9 Å². The van der Waals surface area contributed by atoms with Crippen LogP contribution >= 0.6 is 22.6 Å². The summed E-state index contributed by atoms with van der Waals surface area (Å²) in [6, 6.07) is 1.55. The van der Waals surface area contributed by atoms with Crippen molar-refractivity contribution in [3.63, 3.8) is 0 Å². The van der Waals surface area contributed by atoms with Gasteiger partial charge in [-0.1, -0.05) is 0 Å². The minimum absolute atomic E-state index is 0.332. The summed E-state index contributed by atoms with van der Waals surface area (Å²) in [5.74, 6) is -0.763. The second-order valence-corrected chi connectivity index (χ2v) is 3.46. The third kappa shape index (κ3) is 1.48. The molecule has 0 bridgehead atoms. The van der Waals surface area contributed by atoms with Gasteiger partial charge in [0.1, 0.15) is 3.70 Å². The van der Waals surface area contributed by atoms with Crippen molar-refractivity contribution in [2.45, 2.75) is 0 Å². The van der Waals surface area contributed by atoms with E-state index in [4.69, 9.17) is 0 Å². The van der Waals surface area contributed by atoms with Gasteiger partial charge >= 0.3 is 11.4 Å². The second-order valence-electron chi connectivity index (χ2n) is 2.35. The van der Waals surface area contributed by atoms with Crippen LogP contribution in [0.2, 0.25) is 0 Å². The van der Waals surface area contributed by atoms with Gasteiger partial charge in [0.2, 0.25) is 0 Å². The maximum Gasteiger partial charge on any atom is 0.419 e. The van der Waals surface area contributed by atoms with Crippen LogP contribution in [0.4, 0.5) is 0 Å². The SMILES string of the molecule is O=c1[nH]c2cnc(I)cc2c(=O)o1. The Morgan fingerprint density at radius 3 is 3.00 bits per heavy atom. The van der Waals surface area contributed by atoms with E-state index in [9.17, 15) is 9.59 Å². The summed E-state index contributed by atoms with van der Waals surface area (Å²) in [6.07, 6.45) is 1.43. The zero-order valence-corrected chi connectivity index (χ0v) is 8.36. The lowest BCUT2D eigenvalue weighted by Crippen LogP contribution is -2.14. The summed E-state index contributed by atoms with van der Waals surface area (Å²) in [5, 5.41) is 0.332. The van der Waals surface area contributed by atoms with E-state index >= 15 is 0 Å². The number of fused-ring (bicyclic) bond motifs is 1. The molecule has 0 saturated carbocycles. The van der Waals surface area contributed by atoms with Crippen molar-refractivity contribution >= 4 is 33.5 Å². The first kappa shape index (κ1) is 8.42. The summed E-state index contributed by atoms with van der Waals surface area (Å²) in [6.45, 7) is 0. The standard InChI is InChI=1S/C7H3IN2O3/c8-5-1-3-4(2-9-5)10-7(12)13-6(3)11/h1-2H,(H,10,12). The van der Waals surface area contributed by atoms with E-state index in [1.807, 2.05) is 22.6 Å². The number of aromatic nitrogens is 2. The number of nitrogens with zero attached hydrogens (tertiary/aromatic N) is 1. The molecule has 0 aliphatic heterocycles. The number of rotatable bonds is 0. The van der Waals surface area contributed by atoms with E-state index < -0.39 is 11.4 Å². The molecule has 66 valence electrons. The summed E-state index contributed by atoms with van der Waals surface area (Å²) >= 11 is 1.97. The Bertz CT molecular complexity index is 572. The molecule has 0 atom stereocenters. The molecule has 0 fully saturated rings. The van der Waals surface area contributed by atoms with Crippen LogP contribution in [0, 0.1) is 3.70 Å². The van der Waals surface area contributed by atoms with Gasteiger partial charge in [-0.15, -0.1) is 0 Å². The Hall–Kier alpha value is -1.18. The first-order valence-electron chi connectivity index (χ1n) is 3.35. The Labute approximate surface area is 84.9 Å². The summed E-state index contributed by atoms with van der Waals surface area (Å²) in [7, 11) is 0. The molecule has 6 heteroatoms. The third-order valence-electron chi connectivity index (χ3n) is 1.51. The van der Waals surface area contributed by atoms with Gasteiger partial charge in [-0.05, 0) is 28.7 Å². The van der Waals surface area contributed by atoms with Crippen LogP contribution in [0.1, 0.15) is 0 Å². The monoisotopic (exact) mass is 290 g/mol. The minimum atomic E-state index is -0.763. The van der Waals surface area contributed by atoms with Gasteiger partial charge in [0.25, 0.3) is 0 Å². The average molecular weight is 290 g/mol. The van der Waals surface area contributed by atoms with Crippen molar-refractivity contribution in [1.82, 2.24) is 9.97 Å². The first-order chi connectivity index (χ1) is 6.16. The molecule has 0 spiro atoms. The van der Waals surface area contributed by atoms with Crippen molar-refractivity contribution in [2.24, 2.45) is 0 Å². The zero-order chi connectivity index (χ0) is 9.42. The third-order valence-corrected chi connectivity index (χ3v) is 2.10. The molecule has 5 nitrogen and oxygen atoms in total. The van der Waals surface area contributed by atoms with Gasteiger partial charge in [0.05, 0.1) is 17.1 Å². The summed E-state index contributed by atoms with van der Waals surface area (Å²) < 4.78 is 5.02. The number of hydrogen-bond acceptors (Lipinski definition) is 4. The second kappa shape index (κ2) is 2.95. The summed E-state index contributed by atoms with van der Waals surface area (Å²) in [5.41, 5.74) is -0.249. The van der Waals surface area contributed by atoms with Gasteiger partial charge in [-0.25, -0.2) is 14.6 Å². The fourth-order valence-corrected chi connectivity index (χ4v) is 1.42. The number of halogens is 1. The van der Waals surface area contributed by atoms with Gasteiger partial charge in [-0.3, -0.25) is 4.98 Å². The molecule has 0 unspecified atom stereocenters. The number of pyridine rings is 1. The maximum atomic E-state index is 11.1. The van der Waals surface area contributed by atoms with Crippen molar-refractivity contribution in [3.8, 4) is 0 Å². The normalized spacial score (nSPS) is 10.5. The molecule has 0 amide bonds. The van der Waals surface area contributed by atoms with Crippen LogP contribution < -0.4 is 11.4 Å². The predicted octanol–water partition coefficient (Wildman–Crippen LogP) is 0.481. The molecule has 0 aliphatic carbocycles. The van der Waals surface area contributed by atoms with Crippen molar-refractivity contribution in [2.75, 3.05) is 0 Å². The highest BCUT2D eigenvalue weighted by Crippen LogP contribution is 2.06. The van der Waals surface area contributed by atoms with Gasteiger partial charge < -0.3 is 4.42 Å². The predicted molar refractivity (Wildman–Crippen MR) is 53.6 cm³/mol. The molecular weight excluding hydrogens is 287 g/mol. The molecule has 1 N–H and O–H groups in total. The minimum Gasteiger partial charge on any atom is -0.372 e. The van der Waals surface area contributed by atoms with E-state index in [-0.39, 0.29) is 0 Å². The van der Waals surface area contributed by atoms with E-state index in [0.717, 1.165) is 0 Å². The van der Waals surface area contributed by atoms with Crippen molar-refractivity contribution < 1.29 is 4.42 Å². The molecule has 0 aliphatic rings. The topological polar surface area (TPSA) is 76.0 Å². The molecule has 13 heavy (non-hydrogen) atoms. The number of aromatic amines is 1. The van der Waals surface area contributed by atoms with Crippen LogP contribution in [-0.2, 0) is 0 Å². The highest BCUT2D eigenvalue weighted by Gasteiger charge is 2.02. The molecule has 2 aromatic rings. The molecule has 2 heterocycles. The molecular formula is C7H3IN2O3. The highest BCUT2D eigenvalue weighted by molar-refractivity contribution is 14.1. The largest absolute Gasteiger partial charge is 0.419 e. The van der Waals surface area contributed by atoms with Gasteiger partial charge in [0, 0.05) is 0 Å². The lowest BCUT2D eigenvalue weighted by molar-refractivity contribution is 0.460. The Kier molecular flexibility index (Phi) is 1.91. The number of H-pyrrole nitrogens is 1. The molecule has 0 aromatic carbocycles. The van der Waals surface area contributed by atoms with E-state index in [2.05, 4.69) is 14.4 Å². The molecule has 2 aromatic heterocycles. The quantitative estimate of drug-likeness (QED) is 0.565. The fourth-order valence-electron chi connectivity index (χ4n) is 0.973. The Morgan fingerprint density at radius 2 is 2.23 bits per heavy atom. The highest BCUT2D eigenvalue weighted by atomic mass is 127. The van der Waals surface area contributed by atoms with Gasteiger partial charge in [0.15, 0.2) is 0 Å². The summed E-state index contributed by atoms with van der Waals surface area (Å²) in [4.78, 5) is 28.2.